The van der Waals surface area contributed by atoms with E-state index in [1.807, 2.05) is 0 Å². The van der Waals surface area contributed by atoms with Crippen molar-refractivity contribution in [3.63, 3.8) is 0 Å². The Bertz CT molecular complexity index is 756. The molecule has 0 bridgehead atoms. The SMILES string of the molecule is Nc1nc2c(c(=O)[nH]1)NCN2[C@@H]1O[C@@H]2COP(=O)(O)O[C@H]2[C@H]1O. The predicted octanol–water partition coefficient (Wildman–Crippen LogP) is -1.86. The Morgan fingerprint density at radius 2 is 2.26 bits per heavy atom. The molecular weight excluding hydrogens is 333 g/mol. The van der Waals surface area contributed by atoms with Gasteiger partial charge in [0.1, 0.15) is 24.0 Å². The molecule has 2 fully saturated rings. The van der Waals surface area contributed by atoms with Crippen molar-refractivity contribution in [2.75, 3.05) is 29.2 Å². The van der Waals surface area contributed by atoms with Gasteiger partial charge < -0.3 is 30.7 Å². The molecule has 0 radical (unpaired) electrons. The number of nitrogens with one attached hydrogen (secondary N) is 2. The summed E-state index contributed by atoms with van der Waals surface area (Å²) in [5.41, 5.74) is 5.30. The van der Waals surface area contributed by atoms with Gasteiger partial charge in [-0.2, -0.15) is 4.98 Å². The third-order valence-corrected chi connectivity index (χ3v) is 4.88. The van der Waals surface area contributed by atoms with Crippen molar-refractivity contribution in [2.24, 2.45) is 0 Å². The Morgan fingerprint density at radius 1 is 1.48 bits per heavy atom. The number of fused-ring (bicyclic) bond motifs is 2. The molecule has 0 spiro atoms. The van der Waals surface area contributed by atoms with Crippen LogP contribution in [0.25, 0.3) is 0 Å². The summed E-state index contributed by atoms with van der Waals surface area (Å²) in [4.78, 5) is 29.1. The number of hydrogen-bond donors (Lipinski definition) is 5. The fraction of sp³-hybridized carbons (Fsp3) is 0.600. The Labute approximate surface area is 128 Å². The maximum absolute atomic E-state index is 11.8. The number of nitrogens with two attached hydrogens (primary N) is 1. The van der Waals surface area contributed by atoms with E-state index in [0.29, 0.717) is 0 Å². The summed E-state index contributed by atoms with van der Waals surface area (Å²) in [6.45, 7) is -0.0429. The number of phosphoric ester groups is 1. The molecule has 0 amide bonds. The van der Waals surface area contributed by atoms with Crippen LogP contribution in [0.4, 0.5) is 17.5 Å². The highest BCUT2D eigenvalue weighted by molar-refractivity contribution is 7.47. The van der Waals surface area contributed by atoms with Crippen LogP contribution < -0.4 is 21.5 Å². The van der Waals surface area contributed by atoms with Gasteiger partial charge in [0.15, 0.2) is 12.0 Å². The van der Waals surface area contributed by atoms with E-state index in [4.69, 9.17) is 15.0 Å². The van der Waals surface area contributed by atoms with E-state index >= 15 is 0 Å². The number of phosphoric acid groups is 1. The van der Waals surface area contributed by atoms with E-state index in [0.717, 1.165) is 0 Å². The molecule has 4 heterocycles. The molecule has 0 aliphatic carbocycles. The largest absolute Gasteiger partial charge is 0.472 e. The molecule has 3 aliphatic heterocycles. The number of nitrogen functional groups attached to an aromatic ring is 1. The number of nitrogens with zero attached hydrogens (tertiary/aromatic N) is 2. The lowest BCUT2D eigenvalue weighted by Gasteiger charge is -2.28. The highest BCUT2D eigenvalue weighted by Gasteiger charge is 2.54. The Hall–Kier alpha value is -1.69. The first-order valence-corrected chi connectivity index (χ1v) is 8.25. The fourth-order valence-corrected chi connectivity index (χ4v) is 3.85. The van der Waals surface area contributed by atoms with E-state index in [1.54, 1.807) is 0 Å². The standard InChI is InChI=1S/C10H14N5O7P/c11-10-13-7-4(8(17)14-10)12-2-15(7)9-5(16)6-3(21-9)1-20-23(18,19)22-6/h3,5-6,9,12,16H,1-2H2,(H,18,19)(H3,11,13,14,17)/t3-,5-,6-,9-/m1/s1. The number of rotatable bonds is 1. The summed E-state index contributed by atoms with van der Waals surface area (Å²) in [6.07, 6.45) is -3.91. The molecular formula is C10H14N5O7P. The van der Waals surface area contributed by atoms with Crippen LogP contribution >= 0.6 is 7.82 Å². The van der Waals surface area contributed by atoms with Gasteiger partial charge in [-0.05, 0) is 0 Å². The van der Waals surface area contributed by atoms with Gasteiger partial charge in [-0.25, -0.2) is 4.57 Å². The zero-order valence-electron chi connectivity index (χ0n) is 11.6. The first-order valence-electron chi connectivity index (χ1n) is 6.75. The summed E-state index contributed by atoms with van der Waals surface area (Å²) in [5.74, 6) is 0.147. The van der Waals surface area contributed by atoms with Crippen molar-refractivity contribution < 1.29 is 28.3 Å². The molecule has 1 aromatic heterocycles. The molecule has 0 saturated carbocycles. The second-order valence-electron chi connectivity index (χ2n) is 5.34. The van der Waals surface area contributed by atoms with Crippen LogP contribution in [0.1, 0.15) is 0 Å². The first kappa shape index (κ1) is 14.9. The van der Waals surface area contributed by atoms with E-state index in [-0.39, 0.29) is 30.7 Å². The number of aromatic nitrogens is 2. The van der Waals surface area contributed by atoms with Crippen molar-refractivity contribution in [3.8, 4) is 0 Å². The van der Waals surface area contributed by atoms with Gasteiger partial charge in [0.25, 0.3) is 5.56 Å². The van der Waals surface area contributed by atoms with Gasteiger partial charge in [0, 0.05) is 0 Å². The Balaban J connectivity index is 1.64. The number of H-pyrrole nitrogens is 1. The van der Waals surface area contributed by atoms with E-state index in [2.05, 4.69) is 19.8 Å². The molecule has 4 rings (SSSR count). The smallest absolute Gasteiger partial charge is 0.386 e. The van der Waals surface area contributed by atoms with Crippen molar-refractivity contribution in [1.29, 1.82) is 0 Å². The van der Waals surface area contributed by atoms with Crippen LogP contribution in [-0.4, -0.2) is 57.8 Å². The lowest BCUT2D eigenvalue weighted by molar-refractivity contribution is -0.0541. The van der Waals surface area contributed by atoms with Crippen LogP contribution in [0, 0.1) is 0 Å². The molecule has 3 aliphatic rings. The van der Waals surface area contributed by atoms with Gasteiger partial charge >= 0.3 is 7.82 Å². The van der Waals surface area contributed by atoms with Gasteiger partial charge in [0.05, 0.1) is 13.3 Å². The molecule has 12 nitrogen and oxygen atoms in total. The average Bonchev–Trinajstić information content (AvgIpc) is 3.00. The van der Waals surface area contributed by atoms with Crippen LogP contribution in [-0.2, 0) is 18.3 Å². The summed E-state index contributed by atoms with van der Waals surface area (Å²) >= 11 is 0. The summed E-state index contributed by atoms with van der Waals surface area (Å²) in [6, 6.07) is 0. The van der Waals surface area contributed by atoms with Gasteiger partial charge in [-0.1, -0.05) is 0 Å². The molecule has 6 N–H and O–H groups in total. The molecule has 5 atom stereocenters. The van der Waals surface area contributed by atoms with Gasteiger partial charge in [-0.15, -0.1) is 0 Å². The maximum atomic E-state index is 11.8. The van der Waals surface area contributed by atoms with E-state index in [1.165, 1.54) is 4.90 Å². The maximum Gasteiger partial charge on any atom is 0.472 e. The minimum absolute atomic E-state index is 0.0770. The number of anilines is 3. The van der Waals surface area contributed by atoms with Gasteiger partial charge in [-0.3, -0.25) is 18.8 Å². The summed E-state index contributed by atoms with van der Waals surface area (Å²) < 4.78 is 26.7. The molecule has 1 unspecified atom stereocenters. The average molecular weight is 347 g/mol. The van der Waals surface area contributed by atoms with Crippen molar-refractivity contribution >= 4 is 25.3 Å². The minimum Gasteiger partial charge on any atom is -0.386 e. The zero-order valence-corrected chi connectivity index (χ0v) is 12.5. The van der Waals surface area contributed by atoms with Crippen LogP contribution in [0.5, 0.6) is 0 Å². The molecule has 13 heteroatoms. The Kier molecular flexibility index (Phi) is 3.17. The molecule has 2 saturated heterocycles. The molecule has 1 aromatic rings. The van der Waals surface area contributed by atoms with Crippen molar-refractivity contribution in [2.45, 2.75) is 24.5 Å². The number of aromatic amines is 1. The van der Waals surface area contributed by atoms with E-state index in [9.17, 15) is 19.4 Å². The molecule has 23 heavy (non-hydrogen) atoms. The minimum atomic E-state index is -4.20. The zero-order chi connectivity index (χ0) is 16.4. The van der Waals surface area contributed by atoms with Crippen LogP contribution in [0.2, 0.25) is 0 Å². The Morgan fingerprint density at radius 3 is 3.04 bits per heavy atom. The van der Waals surface area contributed by atoms with E-state index < -0.39 is 37.9 Å². The predicted molar refractivity (Wildman–Crippen MR) is 75.6 cm³/mol. The van der Waals surface area contributed by atoms with Crippen LogP contribution in [0.3, 0.4) is 0 Å². The van der Waals surface area contributed by atoms with Crippen molar-refractivity contribution in [1.82, 2.24) is 9.97 Å². The third-order valence-electron chi connectivity index (χ3n) is 3.89. The lowest BCUT2D eigenvalue weighted by atomic mass is 10.1. The van der Waals surface area contributed by atoms with Gasteiger partial charge in [0.2, 0.25) is 5.95 Å². The topological polar surface area (TPSA) is 172 Å². The van der Waals surface area contributed by atoms with Crippen molar-refractivity contribution in [3.05, 3.63) is 10.4 Å². The highest BCUT2D eigenvalue weighted by Crippen LogP contribution is 2.51. The molecule has 126 valence electrons. The monoisotopic (exact) mass is 347 g/mol. The third kappa shape index (κ3) is 2.31. The second kappa shape index (κ2) is 4.90. The number of aliphatic hydroxyl groups is 1. The quantitative estimate of drug-likeness (QED) is 0.361. The highest BCUT2D eigenvalue weighted by atomic mass is 31.2. The number of ether oxygens (including phenoxy) is 1. The first-order chi connectivity index (χ1) is 10.9. The second-order valence-corrected chi connectivity index (χ2v) is 6.75. The lowest BCUT2D eigenvalue weighted by Crippen LogP contribution is -2.45. The number of hydrogen-bond acceptors (Lipinski definition) is 10. The summed E-state index contributed by atoms with van der Waals surface area (Å²) in [7, 11) is -4.20. The summed E-state index contributed by atoms with van der Waals surface area (Å²) in [5, 5.41) is 13.2. The number of aliphatic hydroxyl groups excluding tert-OH is 1. The normalized spacial score (nSPS) is 39.0. The molecule has 0 aromatic carbocycles. The van der Waals surface area contributed by atoms with Crippen LogP contribution in [0.15, 0.2) is 4.79 Å². The fourth-order valence-electron chi connectivity index (χ4n) is 2.89.